The number of nitrogens with two attached hydrogens (primary N) is 1. The van der Waals surface area contributed by atoms with Crippen LogP contribution in [0.2, 0.25) is 0 Å². The Hall–Kier alpha value is -0.320. The molecule has 1 amide bonds. The molecule has 2 atom stereocenters. The first-order chi connectivity index (χ1) is 9.74. The van der Waals surface area contributed by atoms with E-state index in [1.54, 1.807) is 0 Å². The first-order valence-corrected chi connectivity index (χ1v) is 8.32. The van der Waals surface area contributed by atoms with Crippen LogP contribution in [0.25, 0.3) is 0 Å². The van der Waals surface area contributed by atoms with Crippen molar-refractivity contribution in [1.29, 1.82) is 0 Å². The van der Waals surface area contributed by atoms with Crippen LogP contribution < -0.4 is 11.1 Å². The molecule has 0 spiro atoms. The molecule has 3 N–H and O–H groups in total. The van der Waals surface area contributed by atoms with E-state index >= 15 is 0 Å². The summed E-state index contributed by atoms with van der Waals surface area (Å²) in [4.78, 5) is 11.6. The van der Waals surface area contributed by atoms with Crippen molar-refractivity contribution in [1.82, 2.24) is 5.32 Å². The molecule has 0 heterocycles. The van der Waals surface area contributed by atoms with Crippen LogP contribution in [-0.4, -0.2) is 31.7 Å². The number of amides is 1. The van der Waals surface area contributed by atoms with Crippen molar-refractivity contribution in [2.45, 2.75) is 70.8 Å². The first-order valence-electron chi connectivity index (χ1n) is 8.32. The third-order valence-electron chi connectivity index (χ3n) is 4.15. The lowest BCUT2D eigenvalue weighted by molar-refractivity contribution is -0.121. The smallest absolute Gasteiger partial charge is 0.220 e. The fourth-order valence-corrected chi connectivity index (χ4v) is 2.80. The lowest BCUT2D eigenvalue weighted by Gasteiger charge is -2.28. The second-order valence-electron chi connectivity index (χ2n) is 5.97. The molecular weight excluding hydrogens is 288 g/mol. The van der Waals surface area contributed by atoms with E-state index in [2.05, 4.69) is 12.2 Å². The van der Waals surface area contributed by atoms with Gasteiger partial charge >= 0.3 is 0 Å². The zero-order valence-electron chi connectivity index (χ0n) is 13.4. The zero-order valence-corrected chi connectivity index (χ0v) is 14.3. The van der Waals surface area contributed by atoms with E-state index in [4.69, 9.17) is 10.5 Å². The number of halogens is 1. The zero-order chi connectivity index (χ0) is 14.6. The van der Waals surface area contributed by atoms with E-state index in [-0.39, 0.29) is 18.3 Å². The molecule has 0 aliphatic heterocycles. The fraction of sp³-hybridized carbons (Fsp3) is 0.938. The predicted molar refractivity (Wildman–Crippen MR) is 89.8 cm³/mol. The minimum atomic E-state index is 0. The summed E-state index contributed by atoms with van der Waals surface area (Å²) < 4.78 is 5.87. The summed E-state index contributed by atoms with van der Waals surface area (Å²) in [6, 6.07) is 0. The highest BCUT2D eigenvalue weighted by molar-refractivity contribution is 5.85. The van der Waals surface area contributed by atoms with Crippen LogP contribution in [0.4, 0.5) is 0 Å². The summed E-state index contributed by atoms with van der Waals surface area (Å²) in [5, 5.41) is 2.94. The Morgan fingerprint density at radius 1 is 1.19 bits per heavy atom. The Labute approximate surface area is 136 Å². The molecule has 1 fully saturated rings. The maximum Gasteiger partial charge on any atom is 0.220 e. The van der Waals surface area contributed by atoms with Gasteiger partial charge in [-0.05, 0) is 38.1 Å². The molecule has 1 aliphatic carbocycles. The predicted octanol–water partition coefficient (Wildman–Crippen LogP) is 3.03. The number of hydrogen-bond acceptors (Lipinski definition) is 3. The minimum Gasteiger partial charge on any atom is -0.376 e. The van der Waals surface area contributed by atoms with Crippen LogP contribution in [0, 0.1) is 5.92 Å². The molecule has 0 aromatic carbocycles. The average Bonchev–Trinajstić information content (AvgIpc) is 2.45. The maximum absolute atomic E-state index is 11.6. The Morgan fingerprint density at radius 2 is 1.90 bits per heavy atom. The number of nitrogens with one attached hydrogen (secondary N) is 1. The molecule has 5 heteroatoms. The number of carbonyl (C=O) groups excluding carboxylic acids is 1. The van der Waals surface area contributed by atoms with Gasteiger partial charge in [0.15, 0.2) is 0 Å². The monoisotopic (exact) mass is 320 g/mol. The van der Waals surface area contributed by atoms with Crippen LogP contribution in [0.15, 0.2) is 0 Å². The molecule has 4 nitrogen and oxygen atoms in total. The van der Waals surface area contributed by atoms with Crippen LogP contribution in [0.3, 0.4) is 0 Å². The number of unbranched alkanes of at least 4 members (excludes halogenated alkanes) is 3. The average molecular weight is 321 g/mol. The summed E-state index contributed by atoms with van der Waals surface area (Å²) in [5.41, 5.74) is 5.43. The van der Waals surface area contributed by atoms with Gasteiger partial charge in [-0.2, -0.15) is 0 Å². The number of ether oxygens (including phenoxy) is 1. The lowest BCUT2D eigenvalue weighted by atomic mass is 9.88. The molecule has 1 saturated carbocycles. The molecule has 2 unspecified atom stereocenters. The normalized spacial score (nSPS) is 21.6. The molecule has 0 aromatic heterocycles. The van der Waals surface area contributed by atoms with Crippen molar-refractivity contribution in [3.63, 3.8) is 0 Å². The van der Waals surface area contributed by atoms with Crippen LogP contribution in [-0.2, 0) is 9.53 Å². The van der Waals surface area contributed by atoms with Gasteiger partial charge < -0.3 is 15.8 Å². The van der Waals surface area contributed by atoms with Gasteiger partial charge in [0, 0.05) is 13.0 Å². The van der Waals surface area contributed by atoms with E-state index in [0.717, 1.165) is 32.2 Å². The lowest BCUT2D eigenvalue weighted by Crippen LogP contribution is -2.31. The Kier molecular flexibility index (Phi) is 13.1. The molecule has 1 rings (SSSR count). The van der Waals surface area contributed by atoms with Crippen molar-refractivity contribution >= 4 is 18.3 Å². The van der Waals surface area contributed by atoms with Gasteiger partial charge in [0.05, 0.1) is 12.7 Å². The van der Waals surface area contributed by atoms with Gasteiger partial charge in [-0.1, -0.05) is 32.6 Å². The second-order valence-corrected chi connectivity index (χ2v) is 5.97. The molecule has 0 radical (unpaired) electrons. The van der Waals surface area contributed by atoms with Gasteiger partial charge in [-0.15, -0.1) is 12.4 Å². The van der Waals surface area contributed by atoms with E-state index < -0.39 is 0 Å². The van der Waals surface area contributed by atoms with Crippen molar-refractivity contribution in [3.05, 3.63) is 0 Å². The summed E-state index contributed by atoms with van der Waals surface area (Å²) >= 11 is 0. The van der Waals surface area contributed by atoms with Gasteiger partial charge in [-0.3, -0.25) is 4.79 Å². The summed E-state index contributed by atoms with van der Waals surface area (Å²) in [6.45, 7) is 4.31. The topological polar surface area (TPSA) is 64.3 Å². The number of rotatable bonds is 10. The number of carbonyl (C=O) groups is 1. The highest BCUT2D eigenvalue weighted by Gasteiger charge is 2.21. The van der Waals surface area contributed by atoms with Gasteiger partial charge in [0.1, 0.15) is 0 Å². The highest BCUT2D eigenvalue weighted by Crippen LogP contribution is 2.25. The first kappa shape index (κ1) is 20.7. The van der Waals surface area contributed by atoms with E-state index in [1.165, 1.54) is 25.7 Å². The Bertz CT molecular complexity index is 265. The summed E-state index contributed by atoms with van der Waals surface area (Å²) in [6.07, 6.45) is 10.4. The Balaban J connectivity index is 0.00000400. The van der Waals surface area contributed by atoms with Crippen LogP contribution >= 0.6 is 12.4 Å². The second kappa shape index (κ2) is 13.4. The van der Waals surface area contributed by atoms with E-state index in [0.29, 0.717) is 31.6 Å². The van der Waals surface area contributed by atoms with Crippen molar-refractivity contribution in [2.24, 2.45) is 11.7 Å². The van der Waals surface area contributed by atoms with Gasteiger partial charge in [0.2, 0.25) is 5.91 Å². The van der Waals surface area contributed by atoms with Crippen LogP contribution in [0.1, 0.15) is 64.7 Å². The molecule has 21 heavy (non-hydrogen) atoms. The molecule has 0 aromatic rings. The maximum atomic E-state index is 11.6. The van der Waals surface area contributed by atoms with E-state index in [9.17, 15) is 4.79 Å². The van der Waals surface area contributed by atoms with Gasteiger partial charge in [0.25, 0.3) is 0 Å². The van der Waals surface area contributed by atoms with Crippen molar-refractivity contribution in [3.8, 4) is 0 Å². The summed E-state index contributed by atoms with van der Waals surface area (Å²) in [5.74, 6) is 0.819. The molecule has 126 valence electrons. The SMILES string of the molecule is CC1CCCCC1OCCNC(=O)CCCCCCN.Cl. The summed E-state index contributed by atoms with van der Waals surface area (Å²) in [7, 11) is 0. The molecule has 1 aliphatic rings. The molecule has 0 bridgehead atoms. The third kappa shape index (κ3) is 10.1. The highest BCUT2D eigenvalue weighted by atomic mass is 35.5. The number of hydrogen-bond donors (Lipinski definition) is 2. The fourth-order valence-electron chi connectivity index (χ4n) is 2.80. The standard InChI is InChI=1S/C16H32N2O2.ClH/c1-14-8-5-6-9-15(14)20-13-12-18-16(19)10-4-2-3-7-11-17;/h14-15H,2-13,17H2,1H3,(H,18,19);1H. The largest absolute Gasteiger partial charge is 0.376 e. The van der Waals surface area contributed by atoms with E-state index in [1.807, 2.05) is 0 Å². The van der Waals surface area contributed by atoms with Crippen molar-refractivity contribution < 1.29 is 9.53 Å². The quantitative estimate of drug-likeness (QED) is 0.608. The van der Waals surface area contributed by atoms with Crippen LogP contribution in [0.5, 0.6) is 0 Å². The minimum absolute atomic E-state index is 0. The van der Waals surface area contributed by atoms with Crippen molar-refractivity contribution in [2.75, 3.05) is 19.7 Å². The molecular formula is C16H33ClN2O2. The molecule has 0 saturated heterocycles. The van der Waals surface area contributed by atoms with Gasteiger partial charge in [-0.25, -0.2) is 0 Å². The third-order valence-corrected chi connectivity index (χ3v) is 4.15. The Morgan fingerprint density at radius 3 is 2.62 bits per heavy atom.